The highest BCUT2D eigenvalue weighted by Crippen LogP contribution is 2.44. The molecule has 7 heteroatoms. The summed E-state index contributed by atoms with van der Waals surface area (Å²) in [5.41, 5.74) is 4.21. The minimum atomic E-state index is -0.978. The number of hydrogen-bond acceptors (Lipinski definition) is 3. The Morgan fingerprint density at radius 3 is 2.32 bits per heavy atom. The van der Waals surface area contributed by atoms with E-state index < -0.39 is 5.97 Å². The highest BCUT2D eigenvalue weighted by Gasteiger charge is 2.43. The van der Waals surface area contributed by atoms with Crippen LogP contribution in [0.25, 0.3) is 6.08 Å². The average molecular weight is 546 g/mol. The summed E-state index contributed by atoms with van der Waals surface area (Å²) in [4.78, 5) is 24.0. The third-order valence-electron chi connectivity index (χ3n) is 5.73. The number of amides is 1. The molecule has 2 aliphatic rings. The maximum atomic E-state index is 13.0. The first-order chi connectivity index (χ1) is 14.9. The van der Waals surface area contributed by atoms with Crippen LogP contribution in [0.1, 0.15) is 49.3 Å². The molecule has 1 fully saturated rings. The number of carbonyl (C=O) groups is 2. The van der Waals surface area contributed by atoms with Gasteiger partial charge in [0, 0.05) is 21.3 Å². The fourth-order valence-corrected chi connectivity index (χ4v) is 4.82. The monoisotopic (exact) mass is 544 g/mol. The zero-order valence-electron chi connectivity index (χ0n) is 16.8. The van der Waals surface area contributed by atoms with Crippen molar-refractivity contribution in [1.82, 2.24) is 5.01 Å². The average Bonchev–Trinajstić information content (AvgIpc) is 3.15. The third-order valence-corrected chi connectivity index (χ3v) is 6.79. The standard InChI is InChI=1S/C24H22Br2N2O3/c25-18-8-4-15(5-9-18)14-17-2-1-3-20-23(17)27-28(21(29)12-13-22(30)31)24(20)16-6-10-19(26)11-7-16/h4-11,14,20,24H,1-3,12-13H2,(H,30,31)/b17-14+/t20-,24+/m0/s1. The van der Waals surface area contributed by atoms with E-state index in [2.05, 4.69) is 50.1 Å². The van der Waals surface area contributed by atoms with E-state index in [1.165, 1.54) is 5.01 Å². The Morgan fingerprint density at radius 1 is 1.03 bits per heavy atom. The summed E-state index contributed by atoms with van der Waals surface area (Å²) in [6, 6.07) is 15.9. The maximum absolute atomic E-state index is 13.0. The highest BCUT2D eigenvalue weighted by molar-refractivity contribution is 9.10. The Hall–Kier alpha value is -2.25. The molecule has 1 aliphatic carbocycles. The van der Waals surface area contributed by atoms with Crippen molar-refractivity contribution in [3.05, 3.63) is 74.2 Å². The number of rotatable bonds is 5. The van der Waals surface area contributed by atoms with Crippen molar-refractivity contribution in [3.8, 4) is 0 Å². The summed E-state index contributed by atoms with van der Waals surface area (Å²) in [6.45, 7) is 0. The number of nitrogens with zero attached hydrogens (tertiary/aromatic N) is 2. The number of hydrazone groups is 1. The fourth-order valence-electron chi connectivity index (χ4n) is 4.29. The van der Waals surface area contributed by atoms with Crippen LogP contribution in [0.5, 0.6) is 0 Å². The van der Waals surface area contributed by atoms with Crippen molar-refractivity contribution < 1.29 is 14.7 Å². The van der Waals surface area contributed by atoms with E-state index in [-0.39, 0.29) is 30.7 Å². The lowest BCUT2D eigenvalue weighted by molar-refractivity contribution is -0.141. The molecule has 160 valence electrons. The fraction of sp³-hybridized carbons (Fsp3) is 0.292. The van der Waals surface area contributed by atoms with Gasteiger partial charge in [0.25, 0.3) is 0 Å². The molecule has 0 aromatic heterocycles. The van der Waals surface area contributed by atoms with Crippen LogP contribution in [0.15, 0.2) is 68.2 Å². The van der Waals surface area contributed by atoms with E-state index in [1.807, 2.05) is 36.4 Å². The van der Waals surface area contributed by atoms with Gasteiger partial charge < -0.3 is 5.11 Å². The topological polar surface area (TPSA) is 70.0 Å². The zero-order valence-corrected chi connectivity index (χ0v) is 20.0. The van der Waals surface area contributed by atoms with Crippen LogP contribution >= 0.6 is 31.9 Å². The van der Waals surface area contributed by atoms with Gasteiger partial charge in [-0.15, -0.1) is 0 Å². The van der Waals surface area contributed by atoms with Gasteiger partial charge in [0.05, 0.1) is 18.2 Å². The molecule has 1 amide bonds. The Kier molecular flexibility index (Phi) is 6.72. The van der Waals surface area contributed by atoms with Crippen LogP contribution in [0.4, 0.5) is 0 Å². The van der Waals surface area contributed by atoms with Crippen LogP contribution in [-0.4, -0.2) is 27.7 Å². The molecular weight excluding hydrogens is 524 g/mol. The van der Waals surface area contributed by atoms with Gasteiger partial charge in [-0.1, -0.05) is 56.1 Å². The van der Waals surface area contributed by atoms with Gasteiger partial charge in [0.1, 0.15) is 0 Å². The second kappa shape index (κ2) is 9.49. The summed E-state index contributed by atoms with van der Waals surface area (Å²) in [5, 5.41) is 15.3. The molecule has 1 heterocycles. The number of carboxylic acid groups (broad SMARTS) is 1. The number of allylic oxidation sites excluding steroid dienone is 1. The number of fused-ring (bicyclic) bond motifs is 1. The first kappa shape index (κ1) is 22.0. The Bertz CT molecular complexity index is 1050. The number of carbonyl (C=O) groups excluding carboxylic acids is 1. The molecular formula is C24H22Br2N2O3. The molecule has 0 spiro atoms. The van der Waals surface area contributed by atoms with Gasteiger partial charge in [-0.2, -0.15) is 5.10 Å². The molecule has 2 aromatic rings. The smallest absolute Gasteiger partial charge is 0.303 e. The zero-order chi connectivity index (χ0) is 22.0. The van der Waals surface area contributed by atoms with Gasteiger partial charge in [0.15, 0.2) is 0 Å². The van der Waals surface area contributed by atoms with Gasteiger partial charge in [0.2, 0.25) is 5.91 Å². The maximum Gasteiger partial charge on any atom is 0.303 e. The summed E-state index contributed by atoms with van der Waals surface area (Å²) in [7, 11) is 0. The number of carboxylic acids is 1. The van der Waals surface area contributed by atoms with E-state index in [0.717, 1.165) is 50.6 Å². The number of halogens is 2. The minimum Gasteiger partial charge on any atom is -0.481 e. The van der Waals surface area contributed by atoms with Gasteiger partial charge in [-0.05, 0) is 66.3 Å². The second-order valence-corrected chi connectivity index (χ2v) is 9.66. The predicted molar refractivity (Wildman–Crippen MR) is 127 cm³/mol. The van der Waals surface area contributed by atoms with Gasteiger partial charge in [-0.25, -0.2) is 5.01 Å². The molecule has 31 heavy (non-hydrogen) atoms. The number of aliphatic carboxylic acids is 1. The molecule has 1 aliphatic heterocycles. The normalized spacial score (nSPS) is 21.7. The van der Waals surface area contributed by atoms with Crippen LogP contribution < -0.4 is 0 Å². The molecule has 2 aromatic carbocycles. The van der Waals surface area contributed by atoms with E-state index >= 15 is 0 Å². The molecule has 1 N–H and O–H groups in total. The van der Waals surface area contributed by atoms with Crippen molar-refractivity contribution in [3.63, 3.8) is 0 Å². The summed E-state index contributed by atoms with van der Waals surface area (Å²) < 4.78 is 2.00. The molecule has 4 rings (SSSR count). The van der Waals surface area contributed by atoms with Crippen LogP contribution in [-0.2, 0) is 9.59 Å². The van der Waals surface area contributed by atoms with E-state index in [0.29, 0.717) is 0 Å². The Labute approximate surface area is 198 Å². The molecule has 0 radical (unpaired) electrons. The lowest BCUT2D eigenvalue weighted by atomic mass is 9.77. The van der Waals surface area contributed by atoms with E-state index in [9.17, 15) is 9.59 Å². The van der Waals surface area contributed by atoms with Crippen molar-refractivity contribution in [2.75, 3.05) is 0 Å². The molecule has 0 bridgehead atoms. The molecule has 0 saturated heterocycles. The highest BCUT2D eigenvalue weighted by atomic mass is 79.9. The van der Waals surface area contributed by atoms with E-state index in [1.54, 1.807) is 0 Å². The summed E-state index contributed by atoms with van der Waals surface area (Å²) >= 11 is 6.94. The van der Waals surface area contributed by atoms with Crippen molar-refractivity contribution in [2.24, 2.45) is 11.0 Å². The lowest BCUT2D eigenvalue weighted by Gasteiger charge is -2.29. The van der Waals surface area contributed by atoms with Crippen LogP contribution in [0.2, 0.25) is 0 Å². The van der Waals surface area contributed by atoms with Gasteiger partial charge in [-0.3, -0.25) is 9.59 Å². The lowest BCUT2D eigenvalue weighted by Crippen LogP contribution is -2.32. The third kappa shape index (κ3) is 4.99. The van der Waals surface area contributed by atoms with E-state index in [4.69, 9.17) is 10.2 Å². The SMILES string of the molecule is O=C(O)CCC(=O)N1N=C2/C(=C/c3ccc(Br)cc3)CCC[C@@H]2[C@H]1c1ccc(Br)cc1. The number of hydrogen-bond donors (Lipinski definition) is 1. The minimum absolute atomic E-state index is 0.0579. The van der Waals surface area contributed by atoms with Crippen molar-refractivity contribution in [2.45, 2.75) is 38.1 Å². The quantitative estimate of drug-likeness (QED) is 0.486. The largest absolute Gasteiger partial charge is 0.481 e. The Balaban J connectivity index is 1.70. The van der Waals surface area contributed by atoms with Gasteiger partial charge >= 0.3 is 5.97 Å². The van der Waals surface area contributed by atoms with Crippen LogP contribution in [0.3, 0.4) is 0 Å². The van der Waals surface area contributed by atoms with Crippen molar-refractivity contribution >= 4 is 55.5 Å². The molecule has 2 atom stereocenters. The van der Waals surface area contributed by atoms with Crippen LogP contribution in [0, 0.1) is 5.92 Å². The first-order valence-corrected chi connectivity index (χ1v) is 11.9. The molecule has 0 unspecified atom stereocenters. The first-order valence-electron chi connectivity index (χ1n) is 10.3. The molecule has 5 nitrogen and oxygen atoms in total. The predicted octanol–water partition coefficient (Wildman–Crippen LogP) is 6.20. The second-order valence-electron chi connectivity index (χ2n) is 7.83. The Morgan fingerprint density at radius 2 is 1.68 bits per heavy atom. The molecule has 1 saturated carbocycles. The van der Waals surface area contributed by atoms with Crippen molar-refractivity contribution in [1.29, 1.82) is 0 Å². The summed E-state index contributed by atoms with van der Waals surface area (Å²) in [6.07, 6.45) is 4.78. The summed E-state index contributed by atoms with van der Waals surface area (Å²) in [5.74, 6) is -1.13. The number of benzene rings is 2.